The van der Waals surface area contributed by atoms with Crippen molar-refractivity contribution in [3.8, 4) is 5.69 Å². The molecule has 2 aromatic carbocycles. The highest BCUT2D eigenvalue weighted by Gasteiger charge is 2.19. The lowest BCUT2D eigenvalue weighted by Crippen LogP contribution is -2.27. The largest absolute Gasteiger partial charge is 0.346 e. The molecule has 0 aliphatic rings. The monoisotopic (exact) mass is 397 g/mol. The molecule has 8 nitrogen and oxygen atoms in total. The summed E-state index contributed by atoms with van der Waals surface area (Å²) in [6.45, 7) is 3.87. The summed E-state index contributed by atoms with van der Waals surface area (Å²) in [7, 11) is 0. The van der Waals surface area contributed by atoms with Gasteiger partial charge in [0.25, 0.3) is 5.56 Å². The van der Waals surface area contributed by atoms with Crippen LogP contribution >= 0.6 is 0 Å². The van der Waals surface area contributed by atoms with Crippen LogP contribution in [0.15, 0.2) is 65.8 Å². The van der Waals surface area contributed by atoms with Gasteiger partial charge in [0, 0.05) is 0 Å². The number of aromatic nitrogens is 6. The Hall–Kier alpha value is -4.07. The quantitative estimate of drug-likeness (QED) is 0.481. The van der Waals surface area contributed by atoms with Crippen molar-refractivity contribution in [3.05, 3.63) is 82.8 Å². The average molecular weight is 397 g/mol. The molecule has 0 saturated carbocycles. The van der Waals surface area contributed by atoms with Crippen LogP contribution in [-0.4, -0.2) is 29.5 Å². The van der Waals surface area contributed by atoms with E-state index in [1.165, 1.54) is 6.33 Å². The van der Waals surface area contributed by atoms with Crippen LogP contribution in [-0.2, 0) is 0 Å². The number of anilines is 1. The Morgan fingerprint density at radius 2 is 1.90 bits per heavy atom. The van der Waals surface area contributed by atoms with Crippen LogP contribution in [0.25, 0.3) is 27.8 Å². The molecular formula is C22H19N7O. The molecule has 3 aromatic heterocycles. The van der Waals surface area contributed by atoms with Gasteiger partial charge in [0.2, 0.25) is 5.95 Å². The molecule has 5 aromatic rings. The van der Waals surface area contributed by atoms with Crippen molar-refractivity contribution in [2.24, 2.45) is 0 Å². The van der Waals surface area contributed by atoms with E-state index >= 15 is 0 Å². The Morgan fingerprint density at radius 1 is 1.07 bits per heavy atom. The number of fused-ring (bicyclic) bond motifs is 2. The number of aryl methyl sites for hydroxylation is 1. The summed E-state index contributed by atoms with van der Waals surface area (Å²) in [5, 5.41) is 3.93. The molecule has 0 fully saturated rings. The first-order valence-corrected chi connectivity index (χ1v) is 9.62. The first-order chi connectivity index (χ1) is 14.6. The van der Waals surface area contributed by atoms with Crippen LogP contribution < -0.4 is 10.9 Å². The van der Waals surface area contributed by atoms with Gasteiger partial charge in [-0.1, -0.05) is 30.3 Å². The molecule has 0 amide bonds. The van der Waals surface area contributed by atoms with Gasteiger partial charge in [-0.15, -0.1) is 0 Å². The summed E-state index contributed by atoms with van der Waals surface area (Å²) in [6.07, 6.45) is 3.12. The fraction of sp³-hybridized carbons (Fsp3) is 0.136. The minimum absolute atomic E-state index is 0.0941. The summed E-state index contributed by atoms with van der Waals surface area (Å²) in [5.41, 5.74) is 3.55. The third-order valence-electron chi connectivity index (χ3n) is 5.05. The Labute approximate surface area is 171 Å². The maximum atomic E-state index is 13.5. The SMILES string of the molecule is Cc1cccc2nc(C(C)Nc3nc4ncncc4[nH]3)n(-c3ccccc3)c(=O)c12. The van der Waals surface area contributed by atoms with Crippen LogP contribution in [0.2, 0.25) is 0 Å². The number of imidazole rings is 1. The Kier molecular flexibility index (Phi) is 4.24. The first-order valence-electron chi connectivity index (χ1n) is 9.62. The van der Waals surface area contributed by atoms with E-state index < -0.39 is 0 Å². The smallest absolute Gasteiger partial charge is 0.266 e. The van der Waals surface area contributed by atoms with Gasteiger partial charge < -0.3 is 10.3 Å². The number of nitrogens with zero attached hydrogens (tertiary/aromatic N) is 5. The number of H-pyrrole nitrogens is 1. The van der Waals surface area contributed by atoms with E-state index in [0.717, 1.165) is 16.8 Å². The maximum absolute atomic E-state index is 13.5. The zero-order chi connectivity index (χ0) is 20.7. The van der Waals surface area contributed by atoms with Crippen molar-refractivity contribution < 1.29 is 0 Å². The third kappa shape index (κ3) is 2.98. The highest BCUT2D eigenvalue weighted by Crippen LogP contribution is 2.22. The molecule has 0 spiro atoms. The van der Waals surface area contributed by atoms with Crippen LogP contribution in [0.3, 0.4) is 0 Å². The molecule has 0 bridgehead atoms. The van der Waals surface area contributed by atoms with Gasteiger partial charge in [-0.05, 0) is 37.6 Å². The lowest BCUT2D eigenvalue weighted by molar-refractivity contribution is 0.729. The van der Waals surface area contributed by atoms with Crippen molar-refractivity contribution in [2.75, 3.05) is 5.32 Å². The highest BCUT2D eigenvalue weighted by atomic mass is 16.1. The zero-order valence-corrected chi connectivity index (χ0v) is 16.5. The average Bonchev–Trinajstić information content (AvgIpc) is 3.16. The van der Waals surface area contributed by atoms with E-state index in [0.29, 0.717) is 28.3 Å². The second-order valence-corrected chi connectivity index (χ2v) is 7.13. The number of aromatic amines is 1. The van der Waals surface area contributed by atoms with E-state index in [-0.39, 0.29) is 11.6 Å². The molecule has 148 valence electrons. The highest BCUT2D eigenvalue weighted by molar-refractivity contribution is 5.81. The Balaban J connectivity index is 1.67. The van der Waals surface area contributed by atoms with Crippen LogP contribution in [0.5, 0.6) is 0 Å². The zero-order valence-electron chi connectivity index (χ0n) is 16.5. The molecule has 5 rings (SSSR count). The van der Waals surface area contributed by atoms with Gasteiger partial charge in [-0.25, -0.2) is 15.0 Å². The number of hydrogen-bond acceptors (Lipinski definition) is 6. The standard InChI is InChI=1S/C22H19N7O/c1-13-7-6-10-16-18(13)21(30)29(15-8-4-3-5-9-15)20(26-16)14(2)25-22-27-17-11-23-12-24-19(17)28-22/h3-12,14H,1-2H3,(H2,23,24,25,27,28). The number of para-hydroxylation sites is 1. The molecule has 30 heavy (non-hydrogen) atoms. The van der Waals surface area contributed by atoms with E-state index in [4.69, 9.17) is 4.98 Å². The molecule has 0 aliphatic heterocycles. The summed E-state index contributed by atoms with van der Waals surface area (Å²) in [5.74, 6) is 1.13. The summed E-state index contributed by atoms with van der Waals surface area (Å²) >= 11 is 0. The number of benzene rings is 2. The summed E-state index contributed by atoms with van der Waals surface area (Å²) in [4.78, 5) is 34.1. The second-order valence-electron chi connectivity index (χ2n) is 7.13. The maximum Gasteiger partial charge on any atom is 0.266 e. The molecule has 1 unspecified atom stereocenters. The van der Waals surface area contributed by atoms with Crippen LogP contribution in [0, 0.1) is 6.92 Å². The first kappa shape index (κ1) is 18.0. The minimum Gasteiger partial charge on any atom is -0.346 e. The van der Waals surface area contributed by atoms with E-state index in [1.807, 2.05) is 62.4 Å². The van der Waals surface area contributed by atoms with Gasteiger partial charge in [0.15, 0.2) is 5.65 Å². The van der Waals surface area contributed by atoms with E-state index in [1.54, 1.807) is 10.8 Å². The number of hydrogen-bond donors (Lipinski definition) is 2. The van der Waals surface area contributed by atoms with E-state index in [9.17, 15) is 4.79 Å². The van der Waals surface area contributed by atoms with Crippen LogP contribution in [0.4, 0.5) is 5.95 Å². The normalized spacial score (nSPS) is 12.3. The lowest BCUT2D eigenvalue weighted by Gasteiger charge is -2.19. The predicted octanol–water partition coefficient (Wildman–Crippen LogP) is 3.53. The fourth-order valence-corrected chi connectivity index (χ4v) is 3.63. The molecule has 2 N–H and O–H groups in total. The van der Waals surface area contributed by atoms with Crippen molar-refractivity contribution >= 4 is 28.0 Å². The Bertz CT molecular complexity index is 1390. The van der Waals surface area contributed by atoms with Gasteiger partial charge in [-0.3, -0.25) is 9.36 Å². The van der Waals surface area contributed by atoms with Crippen molar-refractivity contribution in [1.82, 2.24) is 29.5 Å². The lowest BCUT2D eigenvalue weighted by atomic mass is 10.1. The van der Waals surface area contributed by atoms with Crippen LogP contribution in [0.1, 0.15) is 24.4 Å². The molecule has 0 aliphatic carbocycles. The van der Waals surface area contributed by atoms with Gasteiger partial charge in [0.1, 0.15) is 17.7 Å². The summed E-state index contributed by atoms with van der Waals surface area (Å²) in [6, 6.07) is 14.9. The fourth-order valence-electron chi connectivity index (χ4n) is 3.63. The minimum atomic E-state index is -0.309. The number of nitrogens with one attached hydrogen (secondary N) is 2. The molecule has 3 heterocycles. The molecular weight excluding hydrogens is 378 g/mol. The molecule has 8 heteroatoms. The second kappa shape index (κ2) is 7.07. The van der Waals surface area contributed by atoms with Gasteiger partial charge in [0.05, 0.1) is 28.8 Å². The Morgan fingerprint density at radius 3 is 2.70 bits per heavy atom. The van der Waals surface area contributed by atoms with Crippen molar-refractivity contribution in [3.63, 3.8) is 0 Å². The summed E-state index contributed by atoms with van der Waals surface area (Å²) < 4.78 is 1.66. The predicted molar refractivity (Wildman–Crippen MR) is 116 cm³/mol. The molecule has 0 radical (unpaired) electrons. The van der Waals surface area contributed by atoms with Gasteiger partial charge in [-0.2, -0.15) is 4.98 Å². The molecule has 1 atom stereocenters. The number of rotatable bonds is 4. The van der Waals surface area contributed by atoms with Crippen molar-refractivity contribution in [1.29, 1.82) is 0 Å². The van der Waals surface area contributed by atoms with E-state index in [2.05, 4.69) is 25.3 Å². The topological polar surface area (TPSA) is 101 Å². The third-order valence-corrected chi connectivity index (χ3v) is 5.05. The van der Waals surface area contributed by atoms with Crippen molar-refractivity contribution in [2.45, 2.75) is 19.9 Å². The molecule has 0 saturated heterocycles. The van der Waals surface area contributed by atoms with Gasteiger partial charge >= 0.3 is 0 Å².